The number of hydrogen-bond acceptors (Lipinski definition) is 4. The number of amides is 2. The molecule has 0 N–H and O–H groups in total. The van der Waals surface area contributed by atoms with Crippen molar-refractivity contribution in [3.8, 4) is 11.3 Å². The van der Waals surface area contributed by atoms with Crippen LogP contribution in [-0.4, -0.2) is 62.6 Å². The van der Waals surface area contributed by atoms with E-state index in [0.717, 1.165) is 35.2 Å². The Morgan fingerprint density at radius 1 is 0.889 bits per heavy atom. The van der Waals surface area contributed by atoms with Gasteiger partial charge in [0.25, 0.3) is 5.91 Å². The van der Waals surface area contributed by atoms with Crippen LogP contribution in [0.5, 0.6) is 0 Å². The summed E-state index contributed by atoms with van der Waals surface area (Å²) in [7, 11) is 1.85. The summed E-state index contributed by atoms with van der Waals surface area (Å²) < 4.78 is 1.74. The van der Waals surface area contributed by atoms with E-state index in [1.165, 1.54) is 5.56 Å². The lowest BCUT2D eigenvalue weighted by atomic mass is 10.0. The van der Waals surface area contributed by atoms with Crippen LogP contribution in [0.2, 0.25) is 0 Å². The Labute approximate surface area is 211 Å². The van der Waals surface area contributed by atoms with E-state index in [1.54, 1.807) is 4.68 Å². The van der Waals surface area contributed by atoms with Crippen LogP contribution in [0.3, 0.4) is 0 Å². The molecule has 36 heavy (non-hydrogen) atoms. The number of rotatable bonds is 6. The summed E-state index contributed by atoms with van der Waals surface area (Å²) in [6.07, 6.45) is 2.26. The zero-order chi connectivity index (χ0) is 25.1. The lowest BCUT2D eigenvalue weighted by Crippen LogP contribution is -2.50. The molecule has 5 rings (SSSR count). The molecule has 2 aromatic heterocycles. The molecule has 1 fully saturated rings. The molecule has 0 unspecified atom stereocenters. The van der Waals surface area contributed by atoms with E-state index in [9.17, 15) is 9.59 Å². The monoisotopic (exact) mass is 481 g/mol. The topological polar surface area (TPSA) is 71.3 Å². The number of fused-ring (bicyclic) bond motifs is 1. The smallest absolute Gasteiger partial charge is 0.254 e. The third-order valence-electron chi connectivity index (χ3n) is 6.89. The van der Waals surface area contributed by atoms with E-state index < -0.39 is 0 Å². The van der Waals surface area contributed by atoms with Crippen molar-refractivity contribution in [3.05, 3.63) is 83.6 Å². The first-order chi connectivity index (χ1) is 17.5. The minimum atomic E-state index is -0.0353. The zero-order valence-electron chi connectivity index (χ0n) is 20.9. The highest BCUT2D eigenvalue weighted by Crippen LogP contribution is 2.28. The predicted molar refractivity (Wildman–Crippen MR) is 141 cm³/mol. The van der Waals surface area contributed by atoms with Crippen molar-refractivity contribution in [2.45, 2.75) is 26.2 Å². The van der Waals surface area contributed by atoms with E-state index >= 15 is 0 Å². The largest absolute Gasteiger partial charge is 0.339 e. The van der Waals surface area contributed by atoms with Gasteiger partial charge in [0, 0.05) is 45.2 Å². The molecule has 3 heterocycles. The Hall–Kier alpha value is -4.00. The summed E-state index contributed by atoms with van der Waals surface area (Å²) >= 11 is 0. The molecule has 0 saturated carbocycles. The van der Waals surface area contributed by atoms with Gasteiger partial charge >= 0.3 is 0 Å². The van der Waals surface area contributed by atoms with Crippen molar-refractivity contribution in [1.29, 1.82) is 0 Å². The van der Waals surface area contributed by atoms with Crippen LogP contribution in [0, 0.1) is 6.92 Å². The van der Waals surface area contributed by atoms with Gasteiger partial charge in [0.2, 0.25) is 5.91 Å². The van der Waals surface area contributed by atoms with Crippen molar-refractivity contribution in [2.75, 3.05) is 26.2 Å². The molecule has 2 aromatic carbocycles. The number of aromatic nitrogens is 3. The van der Waals surface area contributed by atoms with Crippen molar-refractivity contribution >= 4 is 22.8 Å². The van der Waals surface area contributed by atoms with Gasteiger partial charge in [-0.3, -0.25) is 14.3 Å². The highest BCUT2D eigenvalue weighted by Gasteiger charge is 2.27. The second-order valence-electron chi connectivity index (χ2n) is 9.34. The van der Waals surface area contributed by atoms with Crippen LogP contribution < -0.4 is 0 Å². The normalized spacial score (nSPS) is 13.8. The standard InChI is InChI=1S/C29H31N5O2/c1-21-27-24(20-25(23-13-7-4-8-14-23)30-28(27)32(2)31-21)29(36)34-18-16-33(17-19-34)26(35)15-9-12-22-10-5-3-6-11-22/h3-8,10-11,13-14,20H,9,12,15-19H2,1-2H3. The molecule has 0 atom stereocenters. The van der Waals surface area contributed by atoms with Crippen LogP contribution in [0.15, 0.2) is 66.7 Å². The average Bonchev–Trinajstić information content (AvgIpc) is 3.22. The van der Waals surface area contributed by atoms with Gasteiger partial charge in [-0.2, -0.15) is 5.10 Å². The van der Waals surface area contributed by atoms with Gasteiger partial charge in [-0.15, -0.1) is 0 Å². The lowest BCUT2D eigenvalue weighted by molar-refractivity contribution is -0.132. The van der Waals surface area contributed by atoms with Gasteiger partial charge < -0.3 is 9.80 Å². The number of nitrogens with zero attached hydrogens (tertiary/aromatic N) is 5. The summed E-state index contributed by atoms with van der Waals surface area (Å²) in [5, 5.41) is 5.32. The first kappa shape index (κ1) is 23.7. The summed E-state index contributed by atoms with van der Waals surface area (Å²) in [6, 6.07) is 22.0. The zero-order valence-corrected chi connectivity index (χ0v) is 20.9. The van der Waals surface area contributed by atoms with Gasteiger partial charge in [-0.1, -0.05) is 60.7 Å². The molecular weight excluding hydrogens is 450 g/mol. The molecule has 1 aliphatic rings. The molecule has 2 amide bonds. The Kier molecular flexibility index (Phi) is 6.80. The number of pyridine rings is 1. The lowest BCUT2D eigenvalue weighted by Gasteiger charge is -2.35. The second kappa shape index (κ2) is 10.3. The van der Waals surface area contributed by atoms with E-state index in [4.69, 9.17) is 4.98 Å². The van der Waals surface area contributed by atoms with E-state index in [1.807, 2.05) is 78.4 Å². The maximum absolute atomic E-state index is 13.7. The van der Waals surface area contributed by atoms with Crippen LogP contribution in [0.25, 0.3) is 22.3 Å². The summed E-state index contributed by atoms with van der Waals surface area (Å²) in [5.41, 5.74) is 5.07. The Morgan fingerprint density at radius 3 is 2.22 bits per heavy atom. The van der Waals surface area contributed by atoms with Crippen molar-refractivity contribution in [2.24, 2.45) is 7.05 Å². The molecule has 7 nitrogen and oxygen atoms in total. The second-order valence-corrected chi connectivity index (χ2v) is 9.34. The van der Waals surface area contributed by atoms with E-state index in [2.05, 4.69) is 17.2 Å². The Bertz CT molecular complexity index is 1370. The maximum Gasteiger partial charge on any atom is 0.254 e. The average molecular weight is 482 g/mol. The number of aryl methyl sites for hydroxylation is 3. The van der Waals surface area contributed by atoms with Gasteiger partial charge in [0.1, 0.15) is 0 Å². The number of carbonyl (C=O) groups is 2. The SMILES string of the molecule is Cc1nn(C)c2nc(-c3ccccc3)cc(C(=O)N3CCN(C(=O)CCCc4ccccc4)CC3)c12. The fraction of sp³-hybridized carbons (Fsp3) is 0.310. The summed E-state index contributed by atoms with van der Waals surface area (Å²) in [6.45, 7) is 4.07. The number of benzene rings is 2. The Morgan fingerprint density at radius 2 is 1.53 bits per heavy atom. The minimum Gasteiger partial charge on any atom is -0.339 e. The summed E-state index contributed by atoms with van der Waals surface area (Å²) in [5.74, 6) is 0.130. The third kappa shape index (κ3) is 4.87. The van der Waals surface area contributed by atoms with Gasteiger partial charge in [0.15, 0.2) is 5.65 Å². The molecule has 7 heteroatoms. The summed E-state index contributed by atoms with van der Waals surface area (Å²) in [4.78, 5) is 35.0. The first-order valence-electron chi connectivity index (χ1n) is 12.5. The van der Waals surface area contributed by atoms with Crippen LogP contribution in [-0.2, 0) is 18.3 Å². The van der Waals surface area contributed by atoms with Crippen LogP contribution >= 0.6 is 0 Å². The van der Waals surface area contributed by atoms with Gasteiger partial charge in [0.05, 0.1) is 22.3 Å². The predicted octanol–water partition coefficient (Wildman–Crippen LogP) is 4.25. The third-order valence-corrected chi connectivity index (χ3v) is 6.89. The van der Waals surface area contributed by atoms with Crippen molar-refractivity contribution in [1.82, 2.24) is 24.6 Å². The highest BCUT2D eigenvalue weighted by molar-refractivity contribution is 6.07. The quantitative estimate of drug-likeness (QED) is 0.413. The van der Waals surface area contributed by atoms with E-state index in [0.29, 0.717) is 43.8 Å². The number of piperazine rings is 1. The molecule has 0 aliphatic carbocycles. The fourth-order valence-electron chi connectivity index (χ4n) is 4.95. The van der Waals surface area contributed by atoms with Gasteiger partial charge in [-0.25, -0.2) is 4.98 Å². The van der Waals surface area contributed by atoms with E-state index in [-0.39, 0.29) is 11.8 Å². The molecule has 0 bridgehead atoms. The Balaban J connectivity index is 1.28. The van der Waals surface area contributed by atoms with Crippen LogP contribution in [0.1, 0.15) is 34.5 Å². The van der Waals surface area contributed by atoms with Crippen molar-refractivity contribution in [3.63, 3.8) is 0 Å². The molecule has 1 saturated heterocycles. The minimum absolute atomic E-state index is 0.0353. The number of hydrogen-bond donors (Lipinski definition) is 0. The molecule has 0 spiro atoms. The molecule has 4 aromatic rings. The number of carbonyl (C=O) groups excluding carboxylic acids is 2. The maximum atomic E-state index is 13.7. The molecule has 1 aliphatic heterocycles. The fourth-order valence-corrected chi connectivity index (χ4v) is 4.95. The highest BCUT2D eigenvalue weighted by atomic mass is 16.2. The molecule has 184 valence electrons. The molecular formula is C29H31N5O2. The van der Waals surface area contributed by atoms with Crippen LogP contribution in [0.4, 0.5) is 0 Å². The molecule has 0 radical (unpaired) electrons. The first-order valence-corrected chi connectivity index (χ1v) is 12.5. The van der Waals surface area contributed by atoms with Gasteiger partial charge in [-0.05, 0) is 31.4 Å². The van der Waals surface area contributed by atoms with Crippen molar-refractivity contribution < 1.29 is 9.59 Å².